The van der Waals surface area contributed by atoms with Crippen LogP contribution in [0.4, 0.5) is 4.39 Å². The Morgan fingerprint density at radius 1 is 1.17 bits per heavy atom. The van der Waals surface area contributed by atoms with Gasteiger partial charge in [0.05, 0.1) is 32.5 Å². The number of hydrogen-bond donors (Lipinski definition) is 2. The highest BCUT2D eigenvalue weighted by molar-refractivity contribution is 5.32. The standard InChI is InChI=1S/C22H26FN3O3/c1-26-12-11-24-22(26)21(16-7-9-18(23)10-8-16)25-13-19(27)15-29-14-17-5-3-4-6-20(17)28-2/h3-12,19,21,25,27H,13-15H2,1-2H3. The van der Waals surface area contributed by atoms with E-state index in [1.807, 2.05) is 42.1 Å². The summed E-state index contributed by atoms with van der Waals surface area (Å²) in [5.41, 5.74) is 1.79. The summed E-state index contributed by atoms with van der Waals surface area (Å²) in [4.78, 5) is 4.39. The zero-order valence-corrected chi connectivity index (χ0v) is 16.6. The number of methoxy groups -OCH3 is 1. The minimum absolute atomic E-state index is 0.168. The minimum Gasteiger partial charge on any atom is -0.496 e. The Bertz CT molecular complexity index is 898. The molecule has 0 spiro atoms. The smallest absolute Gasteiger partial charge is 0.130 e. The molecule has 6 nitrogen and oxygen atoms in total. The van der Waals surface area contributed by atoms with Crippen LogP contribution in [0.5, 0.6) is 5.75 Å². The van der Waals surface area contributed by atoms with Crippen LogP contribution in [0.3, 0.4) is 0 Å². The number of nitrogens with zero attached hydrogens (tertiary/aromatic N) is 2. The van der Waals surface area contributed by atoms with Gasteiger partial charge in [0.25, 0.3) is 0 Å². The van der Waals surface area contributed by atoms with E-state index in [-0.39, 0.29) is 18.5 Å². The van der Waals surface area contributed by atoms with Crippen molar-refractivity contribution >= 4 is 0 Å². The molecule has 0 saturated heterocycles. The molecule has 0 radical (unpaired) electrons. The number of nitrogens with one attached hydrogen (secondary N) is 1. The monoisotopic (exact) mass is 399 g/mol. The van der Waals surface area contributed by atoms with E-state index in [4.69, 9.17) is 9.47 Å². The molecule has 0 bridgehead atoms. The maximum Gasteiger partial charge on any atom is 0.130 e. The van der Waals surface area contributed by atoms with E-state index in [0.717, 1.165) is 22.7 Å². The van der Waals surface area contributed by atoms with Crippen molar-refractivity contribution < 1.29 is 19.0 Å². The van der Waals surface area contributed by atoms with Crippen LogP contribution in [-0.2, 0) is 18.4 Å². The highest BCUT2D eigenvalue weighted by Crippen LogP contribution is 2.21. The van der Waals surface area contributed by atoms with Gasteiger partial charge < -0.3 is 24.5 Å². The lowest BCUT2D eigenvalue weighted by atomic mass is 10.1. The molecule has 7 heteroatoms. The molecule has 0 amide bonds. The summed E-state index contributed by atoms with van der Waals surface area (Å²) < 4.78 is 26.2. The quantitative estimate of drug-likeness (QED) is 0.549. The van der Waals surface area contributed by atoms with E-state index in [1.54, 1.807) is 25.4 Å². The number of aryl methyl sites for hydroxylation is 1. The molecule has 0 saturated carbocycles. The molecular weight excluding hydrogens is 373 g/mol. The second kappa shape index (κ2) is 10.2. The average Bonchev–Trinajstić information content (AvgIpc) is 3.15. The molecule has 2 aromatic carbocycles. The molecule has 2 atom stereocenters. The third kappa shape index (κ3) is 5.63. The molecule has 2 unspecified atom stereocenters. The van der Waals surface area contributed by atoms with Crippen molar-refractivity contribution in [2.45, 2.75) is 18.8 Å². The van der Waals surface area contributed by atoms with E-state index in [1.165, 1.54) is 12.1 Å². The number of aromatic nitrogens is 2. The van der Waals surface area contributed by atoms with Gasteiger partial charge >= 0.3 is 0 Å². The average molecular weight is 399 g/mol. The fourth-order valence-electron chi connectivity index (χ4n) is 3.11. The van der Waals surface area contributed by atoms with Crippen molar-refractivity contribution in [1.29, 1.82) is 0 Å². The molecule has 3 rings (SSSR count). The maximum absolute atomic E-state index is 13.3. The largest absolute Gasteiger partial charge is 0.496 e. The van der Waals surface area contributed by atoms with E-state index >= 15 is 0 Å². The fourth-order valence-corrected chi connectivity index (χ4v) is 3.11. The van der Waals surface area contributed by atoms with Crippen LogP contribution in [0.1, 0.15) is 23.0 Å². The summed E-state index contributed by atoms with van der Waals surface area (Å²) in [6, 6.07) is 13.6. The molecule has 3 aromatic rings. The van der Waals surface area contributed by atoms with Crippen molar-refractivity contribution in [3.05, 3.63) is 83.7 Å². The van der Waals surface area contributed by atoms with Gasteiger partial charge in [-0.25, -0.2) is 9.37 Å². The Morgan fingerprint density at radius 3 is 2.62 bits per heavy atom. The normalized spacial score (nSPS) is 13.2. The third-order valence-corrected chi connectivity index (χ3v) is 4.64. The predicted octanol–water partition coefficient (Wildman–Crippen LogP) is 2.82. The topological polar surface area (TPSA) is 68.5 Å². The molecule has 1 aromatic heterocycles. The first-order valence-corrected chi connectivity index (χ1v) is 9.42. The van der Waals surface area contributed by atoms with Crippen LogP contribution in [0, 0.1) is 5.82 Å². The Hall–Kier alpha value is -2.74. The van der Waals surface area contributed by atoms with Gasteiger partial charge in [-0.15, -0.1) is 0 Å². The lowest BCUT2D eigenvalue weighted by molar-refractivity contribution is 0.0273. The molecular formula is C22H26FN3O3. The SMILES string of the molecule is COc1ccccc1COCC(O)CNC(c1ccc(F)cc1)c1nccn1C. The van der Waals surface area contributed by atoms with Gasteiger partial charge in [-0.1, -0.05) is 30.3 Å². The number of hydrogen-bond acceptors (Lipinski definition) is 5. The Kier molecular flexibility index (Phi) is 7.35. The van der Waals surface area contributed by atoms with Crippen LogP contribution in [0.15, 0.2) is 60.9 Å². The lowest BCUT2D eigenvalue weighted by Gasteiger charge is -2.21. The number of aliphatic hydroxyl groups is 1. The number of benzene rings is 2. The third-order valence-electron chi connectivity index (χ3n) is 4.64. The van der Waals surface area contributed by atoms with Crippen molar-refractivity contribution in [3.8, 4) is 5.75 Å². The molecule has 154 valence electrons. The maximum atomic E-state index is 13.3. The first-order valence-electron chi connectivity index (χ1n) is 9.42. The number of aliphatic hydroxyl groups excluding tert-OH is 1. The van der Waals surface area contributed by atoms with Crippen LogP contribution in [0.2, 0.25) is 0 Å². The molecule has 29 heavy (non-hydrogen) atoms. The van der Waals surface area contributed by atoms with E-state index in [9.17, 15) is 9.50 Å². The number of rotatable bonds is 10. The zero-order chi connectivity index (χ0) is 20.6. The molecule has 0 fully saturated rings. The van der Waals surface area contributed by atoms with Gasteiger partial charge in [-0.3, -0.25) is 0 Å². The number of para-hydroxylation sites is 1. The van der Waals surface area contributed by atoms with Gasteiger partial charge in [0, 0.05) is 31.5 Å². The van der Waals surface area contributed by atoms with Gasteiger partial charge in [-0.2, -0.15) is 0 Å². The Balaban J connectivity index is 1.57. The summed E-state index contributed by atoms with van der Waals surface area (Å²) in [5, 5.41) is 13.7. The summed E-state index contributed by atoms with van der Waals surface area (Å²) in [5.74, 6) is 1.24. The minimum atomic E-state index is -0.715. The van der Waals surface area contributed by atoms with Crippen LogP contribution in [0.25, 0.3) is 0 Å². The predicted molar refractivity (Wildman–Crippen MR) is 108 cm³/mol. The summed E-state index contributed by atoms with van der Waals surface area (Å²) in [6.07, 6.45) is 2.84. The number of ether oxygens (including phenoxy) is 2. The van der Waals surface area contributed by atoms with Crippen molar-refractivity contribution in [2.24, 2.45) is 7.05 Å². The Morgan fingerprint density at radius 2 is 1.93 bits per heavy atom. The highest BCUT2D eigenvalue weighted by Gasteiger charge is 2.19. The second-order valence-electron chi connectivity index (χ2n) is 6.77. The van der Waals surface area contributed by atoms with E-state index < -0.39 is 6.10 Å². The van der Waals surface area contributed by atoms with Crippen molar-refractivity contribution in [3.63, 3.8) is 0 Å². The van der Waals surface area contributed by atoms with Crippen molar-refractivity contribution in [1.82, 2.24) is 14.9 Å². The van der Waals surface area contributed by atoms with Crippen LogP contribution >= 0.6 is 0 Å². The van der Waals surface area contributed by atoms with Gasteiger partial charge in [0.2, 0.25) is 0 Å². The lowest BCUT2D eigenvalue weighted by Crippen LogP contribution is -2.34. The number of halogens is 1. The van der Waals surface area contributed by atoms with E-state index in [2.05, 4.69) is 10.3 Å². The summed E-state index contributed by atoms with van der Waals surface area (Å²) in [7, 11) is 3.51. The van der Waals surface area contributed by atoms with Gasteiger partial charge in [0.1, 0.15) is 17.4 Å². The number of imidazole rings is 1. The molecule has 0 aliphatic rings. The molecule has 0 aliphatic heterocycles. The molecule has 2 N–H and O–H groups in total. The summed E-state index contributed by atoms with van der Waals surface area (Å²) in [6.45, 7) is 0.810. The van der Waals surface area contributed by atoms with Crippen LogP contribution < -0.4 is 10.1 Å². The van der Waals surface area contributed by atoms with Gasteiger partial charge in [0.15, 0.2) is 0 Å². The molecule has 0 aliphatic carbocycles. The van der Waals surface area contributed by atoms with E-state index in [0.29, 0.717) is 13.2 Å². The van der Waals surface area contributed by atoms with Crippen LogP contribution in [-0.4, -0.2) is 41.0 Å². The first-order chi connectivity index (χ1) is 14.1. The molecule has 1 heterocycles. The Labute approximate surface area is 169 Å². The van der Waals surface area contributed by atoms with Crippen molar-refractivity contribution in [2.75, 3.05) is 20.3 Å². The highest BCUT2D eigenvalue weighted by atomic mass is 19.1. The first kappa shape index (κ1) is 21.0. The second-order valence-corrected chi connectivity index (χ2v) is 6.77. The zero-order valence-electron chi connectivity index (χ0n) is 16.6. The fraction of sp³-hybridized carbons (Fsp3) is 0.318. The summed E-state index contributed by atoms with van der Waals surface area (Å²) >= 11 is 0. The van der Waals surface area contributed by atoms with Gasteiger partial charge in [-0.05, 0) is 23.8 Å².